The number of ether oxygens (including phenoxy) is 1. The number of aromatic nitrogens is 2. The maximum absolute atomic E-state index is 11.6. The zero-order valence-corrected chi connectivity index (χ0v) is 9.96. The molecular formula is C13H13N3O2. The van der Waals surface area contributed by atoms with E-state index in [1.54, 1.807) is 18.3 Å². The predicted molar refractivity (Wildman–Crippen MR) is 67.1 cm³/mol. The summed E-state index contributed by atoms with van der Waals surface area (Å²) in [5.41, 5.74) is 2.08. The van der Waals surface area contributed by atoms with Gasteiger partial charge in [0, 0.05) is 11.9 Å². The first-order chi connectivity index (χ1) is 8.81. The van der Waals surface area contributed by atoms with Crippen LogP contribution in [-0.4, -0.2) is 23.0 Å². The minimum atomic E-state index is -0.360. The van der Waals surface area contributed by atoms with Crippen molar-refractivity contribution < 1.29 is 9.53 Å². The topological polar surface area (TPSA) is 64.1 Å². The van der Waals surface area contributed by atoms with E-state index in [1.165, 1.54) is 13.4 Å². The van der Waals surface area contributed by atoms with Gasteiger partial charge in [-0.05, 0) is 18.2 Å². The van der Waals surface area contributed by atoms with Crippen LogP contribution < -0.4 is 5.32 Å². The van der Waals surface area contributed by atoms with Gasteiger partial charge in [-0.1, -0.05) is 12.1 Å². The number of nitrogens with zero attached hydrogens (tertiary/aromatic N) is 2. The molecule has 1 aromatic carbocycles. The molecule has 0 aliphatic carbocycles. The van der Waals surface area contributed by atoms with E-state index in [-0.39, 0.29) is 5.97 Å². The van der Waals surface area contributed by atoms with E-state index < -0.39 is 0 Å². The molecule has 5 heteroatoms. The highest BCUT2D eigenvalue weighted by atomic mass is 16.5. The third-order valence-electron chi connectivity index (χ3n) is 2.44. The van der Waals surface area contributed by atoms with Crippen molar-refractivity contribution in [2.75, 3.05) is 12.4 Å². The molecule has 0 unspecified atom stereocenters. The lowest BCUT2D eigenvalue weighted by Gasteiger charge is -2.09. The van der Waals surface area contributed by atoms with Gasteiger partial charge in [-0.15, -0.1) is 0 Å². The molecule has 1 N–H and O–H groups in total. The van der Waals surface area contributed by atoms with Crippen molar-refractivity contribution in [3.8, 4) is 0 Å². The Labute approximate surface area is 105 Å². The van der Waals surface area contributed by atoms with Crippen LogP contribution in [0.25, 0.3) is 0 Å². The van der Waals surface area contributed by atoms with Crippen molar-refractivity contribution in [3.63, 3.8) is 0 Å². The number of esters is 1. The van der Waals surface area contributed by atoms with E-state index in [0.717, 1.165) is 11.4 Å². The van der Waals surface area contributed by atoms with Crippen LogP contribution >= 0.6 is 0 Å². The van der Waals surface area contributed by atoms with Gasteiger partial charge in [-0.3, -0.25) is 0 Å². The highest BCUT2D eigenvalue weighted by molar-refractivity contribution is 5.95. The van der Waals surface area contributed by atoms with Crippen LogP contribution in [0.15, 0.2) is 42.9 Å². The van der Waals surface area contributed by atoms with Gasteiger partial charge >= 0.3 is 5.97 Å². The van der Waals surface area contributed by atoms with Gasteiger partial charge in [0.15, 0.2) is 0 Å². The van der Waals surface area contributed by atoms with E-state index >= 15 is 0 Å². The van der Waals surface area contributed by atoms with Crippen molar-refractivity contribution in [2.24, 2.45) is 0 Å². The number of anilines is 1. The number of hydrogen-bond donors (Lipinski definition) is 1. The normalized spacial score (nSPS) is 9.83. The fourth-order valence-electron chi connectivity index (χ4n) is 1.53. The molecule has 1 heterocycles. The number of nitrogens with one attached hydrogen (secondary N) is 1. The molecular weight excluding hydrogens is 230 g/mol. The van der Waals surface area contributed by atoms with E-state index in [9.17, 15) is 4.79 Å². The van der Waals surface area contributed by atoms with E-state index in [4.69, 9.17) is 4.74 Å². The summed E-state index contributed by atoms with van der Waals surface area (Å²) < 4.78 is 4.72. The van der Waals surface area contributed by atoms with Gasteiger partial charge in [0.2, 0.25) is 0 Å². The number of rotatable bonds is 4. The number of benzene rings is 1. The highest BCUT2D eigenvalue weighted by Gasteiger charge is 2.10. The Morgan fingerprint density at radius 1 is 1.33 bits per heavy atom. The molecule has 0 amide bonds. The fraction of sp³-hybridized carbons (Fsp3) is 0.154. The van der Waals surface area contributed by atoms with Gasteiger partial charge in [-0.25, -0.2) is 14.8 Å². The molecule has 5 nitrogen and oxygen atoms in total. The van der Waals surface area contributed by atoms with E-state index in [2.05, 4.69) is 15.3 Å². The quantitative estimate of drug-likeness (QED) is 0.830. The molecule has 0 spiro atoms. The van der Waals surface area contributed by atoms with Crippen molar-refractivity contribution in [2.45, 2.75) is 6.54 Å². The summed E-state index contributed by atoms with van der Waals surface area (Å²) in [6.07, 6.45) is 3.17. The maximum Gasteiger partial charge on any atom is 0.339 e. The second kappa shape index (κ2) is 5.77. The van der Waals surface area contributed by atoms with Crippen LogP contribution in [0.4, 0.5) is 5.69 Å². The lowest BCUT2D eigenvalue weighted by Crippen LogP contribution is -2.08. The summed E-state index contributed by atoms with van der Waals surface area (Å²) in [6.45, 7) is 0.524. The van der Waals surface area contributed by atoms with Crippen molar-refractivity contribution in [3.05, 3.63) is 54.1 Å². The van der Waals surface area contributed by atoms with Crippen molar-refractivity contribution in [1.82, 2.24) is 9.97 Å². The summed E-state index contributed by atoms with van der Waals surface area (Å²) in [5, 5.41) is 3.15. The molecule has 2 rings (SSSR count). The third-order valence-corrected chi connectivity index (χ3v) is 2.44. The van der Waals surface area contributed by atoms with Crippen LogP contribution in [0.1, 0.15) is 16.1 Å². The zero-order chi connectivity index (χ0) is 12.8. The predicted octanol–water partition coefficient (Wildman–Crippen LogP) is 1.88. The van der Waals surface area contributed by atoms with E-state index in [1.807, 2.05) is 18.2 Å². The van der Waals surface area contributed by atoms with Crippen molar-refractivity contribution in [1.29, 1.82) is 0 Å². The SMILES string of the molecule is COC(=O)c1ccccc1NCc1ccncn1. The van der Waals surface area contributed by atoms with Gasteiger partial charge in [0.05, 0.1) is 24.9 Å². The third kappa shape index (κ3) is 2.82. The summed E-state index contributed by atoms with van der Waals surface area (Å²) in [6, 6.07) is 9.01. The van der Waals surface area contributed by atoms with Gasteiger partial charge in [0.25, 0.3) is 0 Å². The molecule has 0 radical (unpaired) electrons. The number of carbonyl (C=O) groups is 1. The second-order valence-electron chi connectivity index (χ2n) is 3.59. The molecule has 18 heavy (non-hydrogen) atoms. The van der Waals surface area contributed by atoms with Crippen LogP contribution in [-0.2, 0) is 11.3 Å². The summed E-state index contributed by atoms with van der Waals surface area (Å²) >= 11 is 0. The Bertz CT molecular complexity index is 529. The Balaban J connectivity index is 2.12. The monoisotopic (exact) mass is 243 g/mol. The van der Waals surface area contributed by atoms with E-state index in [0.29, 0.717) is 12.1 Å². The number of carbonyl (C=O) groups excluding carboxylic acids is 1. The van der Waals surface area contributed by atoms with Crippen LogP contribution in [0, 0.1) is 0 Å². The maximum atomic E-state index is 11.6. The summed E-state index contributed by atoms with van der Waals surface area (Å²) in [4.78, 5) is 19.5. The Kier molecular flexibility index (Phi) is 3.86. The number of para-hydroxylation sites is 1. The standard InChI is InChI=1S/C13H13N3O2/c1-18-13(17)11-4-2-3-5-12(11)15-8-10-6-7-14-9-16-10/h2-7,9,15H,8H2,1H3. The molecule has 0 aliphatic heterocycles. The smallest absolute Gasteiger partial charge is 0.339 e. The van der Waals surface area contributed by atoms with Crippen molar-refractivity contribution >= 4 is 11.7 Å². The molecule has 0 saturated heterocycles. The molecule has 2 aromatic rings. The summed E-state index contributed by atoms with van der Waals surface area (Å²) in [7, 11) is 1.36. The molecule has 0 atom stereocenters. The molecule has 0 fully saturated rings. The van der Waals surface area contributed by atoms with Crippen LogP contribution in [0.2, 0.25) is 0 Å². The van der Waals surface area contributed by atoms with Crippen LogP contribution in [0.3, 0.4) is 0 Å². The van der Waals surface area contributed by atoms with Gasteiger partial charge < -0.3 is 10.1 Å². The Morgan fingerprint density at radius 2 is 2.17 bits per heavy atom. The molecule has 1 aromatic heterocycles. The molecule has 92 valence electrons. The number of methoxy groups -OCH3 is 1. The van der Waals surface area contributed by atoms with Gasteiger partial charge in [-0.2, -0.15) is 0 Å². The van der Waals surface area contributed by atoms with Gasteiger partial charge in [0.1, 0.15) is 6.33 Å². The number of hydrogen-bond acceptors (Lipinski definition) is 5. The highest BCUT2D eigenvalue weighted by Crippen LogP contribution is 2.16. The Morgan fingerprint density at radius 3 is 2.89 bits per heavy atom. The Hall–Kier alpha value is -2.43. The average Bonchev–Trinajstić information content (AvgIpc) is 2.45. The molecule has 0 saturated carbocycles. The second-order valence-corrected chi connectivity index (χ2v) is 3.59. The first-order valence-corrected chi connectivity index (χ1v) is 5.47. The minimum Gasteiger partial charge on any atom is -0.465 e. The first-order valence-electron chi connectivity index (χ1n) is 5.47. The molecule has 0 aliphatic rings. The minimum absolute atomic E-state index is 0.360. The lowest BCUT2D eigenvalue weighted by molar-refractivity contribution is 0.0602. The molecule has 0 bridgehead atoms. The largest absolute Gasteiger partial charge is 0.465 e. The zero-order valence-electron chi connectivity index (χ0n) is 9.96. The first kappa shape index (κ1) is 12.0. The van der Waals surface area contributed by atoms with Crippen LogP contribution in [0.5, 0.6) is 0 Å². The fourth-order valence-corrected chi connectivity index (χ4v) is 1.53. The average molecular weight is 243 g/mol. The lowest BCUT2D eigenvalue weighted by atomic mass is 10.2. The summed E-state index contributed by atoms with van der Waals surface area (Å²) in [5.74, 6) is -0.360.